The molecule has 0 bridgehead atoms. The van der Waals surface area contributed by atoms with Crippen LogP contribution in [0.5, 0.6) is 0 Å². The molecule has 2 rings (SSSR count). The van der Waals surface area contributed by atoms with Crippen molar-refractivity contribution in [3.8, 4) is 0 Å². The second kappa shape index (κ2) is 6.57. The highest BCUT2D eigenvalue weighted by Gasteiger charge is 2.35. The smallest absolute Gasteiger partial charge is 0.251 e. The average molecular weight is 436 g/mol. The van der Waals surface area contributed by atoms with E-state index in [9.17, 15) is 4.79 Å². The van der Waals surface area contributed by atoms with Crippen molar-refractivity contribution < 1.29 is 4.79 Å². The van der Waals surface area contributed by atoms with E-state index in [0.717, 1.165) is 27.3 Å². The number of benzene rings is 1. The van der Waals surface area contributed by atoms with Gasteiger partial charge in [0, 0.05) is 14.5 Å². The molecule has 1 aromatic carbocycles. The van der Waals surface area contributed by atoms with Gasteiger partial charge in [-0.3, -0.25) is 4.79 Å². The van der Waals surface area contributed by atoms with Crippen LogP contribution in [0.2, 0.25) is 0 Å². The van der Waals surface area contributed by atoms with Gasteiger partial charge in [0.15, 0.2) is 0 Å². The summed E-state index contributed by atoms with van der Waals surface area (Å²) < 4.78 is 1.09. The van der Waals surface area contributed by atoms with E-state index in [4.69, 9.17) is 0 Å². The summed E-state index contributed by atoms with van der Waals surface area (Å²) in [6, 6.07) is 7.75. The summed E-state index contributed by atoms with van der Waals surface area (Å²) >= 11 is 5.83. The first-order valence-electron chi connectivity index (χ1n) is 6.69. The second-order valence-corrected chi connectivity index (χ2v) is 7.39. The lowest BCUT2D eigenvalue weighted by atomic mass is 9.77. The van der Waals surface area contributed by atoms with Crippen LogP contribution >= 0.6 is 38.5 Å². The molecule has 1 saturated carbocycles. The summed E-state index contributed by atoms with van der Waals surface area (Å²) in [5, 5.41) is 4.10. The molecular weight excluding hydrogens is 417 g/mol. The first-order valence-corrected chi connectivity index (χ1v) is 8.89. The Morgan fingerprint density at radius 1 is 1.58 bits per heavy atom. The van der Waals surface area contributed by atoms with Gasteiger partial charge < -0.3 is 5.32 Å². The van der Waals surface area contributed by atoms with E-state index in [2.05, 4.69) is 50.8 Å². The number of carbonyl (C=O) groups excluding carboxylic acids is 1. The summed E-state index contributed by atoms with van der Waals surface area (Å²) in [5.74, 6) is 0.731. The van der Waals surface area contributed by atoms with Crippen molar-refractivity contribution in [1.29, 1.82) is 0 Å². The predicted molar refractivity (Wildman–Crippen MR) is 90.8 cm³/mol. The number of halogens is 2. The van der Waals surface area contributed by atoms with Crippen molar-refractivity contribution >= 4 is 44.4 Å². The lowest BCUT2D eigenvalue weighted by molar-refractivity contribution is 0.0869. The van der Waals surface area contributed by atoms with Gasteiger partial charge in [-0.15, -0.1) is 0 Å². The summed E-state index contributed by atoms with van der Waals surface area (Å²) in [6.07, 6.45) is 4.60. The average Bonchev–Trinajstić information content (AvgIpc) is 2.38. The van der Waals surface area contributed by atoms with Gasteiger partial charge in [0.1, 0.15) is 0 Å². The molecule has 0 spiro atoms. The van der Waals surface area contributed by atoms with Crippen LogP contribution in [-0.2, 0) is 0 Å². The molecule has 0 aliphatic heterocycles. The van der Waals surface area contributed by atoms with Gasteiger partial charge >= 0.3 is 0 Å². The molecule has 1 aromatic rings. The molecule has 0 aromatic heterocycles. The number of hydrogen-bond acceptors (Lipinski definition) is 1. The standard InChI is InChI=1S/C15H19BrINO/c1-11-4-3-7-15(9-11,10-16)18-14(19)12-5-2-6-13(17)8-12/h2,5-6,8,11H,3-4,7,9-10H2,1H3,(H,18,19). The van der Waals surface area contributed by atoms with E-state index in [1.165, 1.54) is 12.8 Å². The molecule has 0 radical (unpaired) electrons. The fourth-order valence-corrected chi connectivity index (χ4v) is 4.06. The van der Waals surface area contributed by atoms with Crippen LogP contribution in [0.4, 0.5) is 0 Å². The molecule has 1 aliphatic rings. The first-order chi connectivity index (χ1) is 9.04. The third kappa shape index (κ3) is 3.94. The van der Waals surface area contributed by atoms with Crippen molar-refractivity contribution in [2.75, 3.05) is 5.33 Å². The third-order valence-electron chi connectivity index (χ3n) is 3.81. The van der Waals surface area contributed by atoms with Gasteiger partial charge in [-0.2, -0.15) is 0 Å². The Morgan fingerprint density at radius 3 is 3.00 bits per heavy atom. The quantitative estimate of drug-likeness (QED) is 0.554. The van der Waals surface area contributed by atoms with Gasteiger partial charge in [0.05, 0.1) is 5.54 Å². The molecule has 2 atom stereocenters. The first kappa shape index (κ1) is 15.3. The van der Waals surface area contributed by atoms with Crippen LogP contribution in [0.25, 0.3) is 0 Å². The molecule has 1 amide bonds. The lowest BCUT2D eigenvalue weighted by Crippen LogP contribution is -2.52. The fourth-order valence-electron chi connectivity index (χ4n) is 2.87. The molecule has 1 aliphatic carbocycles. The Balaban J connectivity index is 2.12. The Bertz CT molecular complexity index is 465. The number of hydrogen-bond donors (Lipinski definition) is 1. The summed E-state index contributed by atoms with van der Waals surface area (Å²) in [5.41, 5.74) is 0.682. The highest BCUT2D eigenvalue weighted by Crippen LogP contribution is 2.33. The molecule has 0 saturated heterocycles. The third-order valence-corrected chi connectivity index (χ3v) is 5.56. The minimum absolute atomic E-state index is 0.0482. The molecule has 1 N–H and O–H groups in total. The predicted octanol–water partition coefficient (Wildman–Crippen LogP) is 4.36. The number of rotatable bonds is 3. The van der Waals surface area contributed by atoms with Crippen molar-refractivity contribution in [2.24, 2.45) is 5.92 Å². The highest BCUT2D eigenvalue weighted by molar-refractivity contribution is 14.1. The summed E-state index contributed by atoms with van der Waals surface area (Å²) in [4.78, 5) is 12.4. The van der Waals surface area contributed by atoms with E-state index in [1.807, 2.05) is 24.3 Å². The van der Waals surface area contributed by atoms with Crippen LogP contribution < -0.4 is 5.32 Å². The van der Waals surface area contributed by atoms with E-state index in [1.54, 1.807) is 0 Å². The minimum atomic E-state index is -0.0734. The van der Waals surface area contributed by atoms with E-state index in [0.29, 0.717) is 5.92 Å². The highest BCUT2D eigenvalue weighted by atomic mass is 127. The van der Waals surface area contributed by atoms with Gasteiger partial charge in [-0.1, -0.05) is 41.8 Å². The maximum Gasteiger partial charge on any atom is 0.251 e. The molecule has 2 nitrogen and oxygen atoms in total. The Hall–Kier alpha value is -0.100. The zero-order valence-corrected chi connectivity index (χ0v) is 14.8. The topological polar surface area (TPSA) is 29.1 Å². The Morgan fingerprint density at radius 2 is 2.37 bits per heavy atom. The maximum atomic E-state index is 12.4. The Labute approximate surface area is 137 Å². The van der Waals surface area contributed by atoms with Gasteiger partial charge in [0.2, 0.25) is 0 Å². The maximum absolute atomic E-state index is 12.4. The van der Waals surface area contributed by atoms with Crippen LogP contribution in [0.1, 0.15) is 43.0 Å². The Kier molecular flexibility index (Phi) is 5.29. The molecule has 104 valence electrons. The van der Waals surface area contributed by atoms with Gasteiger partial charge in [-0.25, -0.2) is 0 Å². The van der Waals surface area contributed by atoms with Crippen LogP contribution in [0.3, 0.4) is 0 Å². The molecule has 19 heavy (non-hydrogen) atoms. The molecule has 0 heterocycles. The van der Waals surface area contributed by atoms with E-state index in [-0.39, 0.29) is 11.4 Å². The van der Waals surface area contributed by atoms with Crippen molar-refractivity contribution in [3.63, 3.8) is 0 Å². The largest absolute Gasteiger partial charge is 0.346 e. The number of nitrogens with one attached hydrogen (secondary N) is 1. The second-order valence-electron chi connectivity index (χ2n) is 5.58. The van der Waals surface area contributed by atoms with Crippen LogP contribution in [-0.4, -0.2) is 16.8 Å². The monoisotopic (exact) mass is 435 g/mol. The van der Waals surface area contributed by atoms with Crippen molar-refractivity contribution in [3.05, 3.63) is 33.4 Å². The van der Waals surface area contributed by atoms with Gasteiger partial charge in [0.25, 0.3) is 5.91 Å². The zero-order chi connectivity index (χ0) is 13.9. The van der Waals surface area contributed by atoms with Gasteiger partial charge in [-0.05, 0) is 59.5 Å². The minimum Gasteiger partial charge on any atom is -0.346 e. The summed E-state index contributed by atoms with van der Waals surface area (Å²) in [7, 11) is 0. The van der Waals surface area contributed by atoms with Crippen molar-refractivity contribution in [1.82, 2.24) is 5.32 Å². The van der Waals surface area contributed by atoms with Crippen molar-refractivity contribution in [2.45, 2.75) is 38.1 Å². The fraction of sp³-hybridized carbons (Fsp3) is 0.533. The van der Waals surface area contributed by atoms with Crippen LogP contribution in [0.15, 0.2) is 24.3 Å². The molecule has 4 heteroatoms. The SMILES string of the molecule is CC1CCCC(CBr)(NC(=O)c2cccc(I)c2)C1. The normalized spacial score (nSPS) is 27.0. The summed E-state index contributed by atoms with van der Waals surface area (Å²) in [6.45, 7) is 2.27. The number of alkyl halides is 1. The molecule has 1 fully saturated rings. The lowest BCUT2D eigenvalue weighted by Gasteiger charge is -2.39. The zero-order valence-electron chi connectivity index (χ0n) is 11.1. The molecule has 2 unspecified atom stereocenters. The van der Waals surface area contributed by atoms with E-state index < -0.39 is 0 Å². The van der Waals surface area contributed by atoms with E-state index >= 15 is 0 Å². The molecular formula is C15H19BrINO. The van der Waals surface area contributed by atoms with Crippen LogP contribution in [0, 0.1) is 9.49 Å². The number of carbonyl (C=O) groups is 1. The number of amides is 1.